The third kappa shape index (κ3) is 3.58. The molecule has 138 valence electrons. The summed E-state index contributed by atoms with van der Waals surface area (Å²) < 4.78 is 5.45. The Morgan fingerprint density at radius 1 is 1.30 bits per heavy atom. The fourth-order valence-corrected chi connectivity index (χ4v) is 3.54. The molecule has 1 fully saturated rings. The standard InChI is InChI=1S/C20H21N5O2/c1-13-9-18(27-24-13)17-11-22-14(2)23-19(17)16-6-4-8-25(12-16)20(26)15-5-3-7-21-10-15/h3,5,7,9-11,16H,4,6,8,12H2,1-2H3/t16-/m1/s1. The lowest BCUT2D eigenvalue weighted by Crippen LogP contribution is -2.39. The average molecular weight is 363 g/mol. The van der Waals surface area contributed by atoms with Crippen LogP contribution in [0.1, 0.15) is 46.3 Å². The number of hydrogen-bond donors (Lipinski definition) is 0. The third-order valence-corrected chi connectivity index (χ3v) is 4.84. The van der Waals surface area contributed by atoms with Crippen molar-refractivity contribution in [2.75, 3.05) is 13.1 Å². The Labute approximate surface area is 157 Å². The fraction of sp³-hybridized carbons (Fsp3) is 0.350. The van der Waals surface area contributed by atoms with E-state index in [9.17, 15) is 4.79 Å². The van der Waals surface area contributed by atoms with E-state index in [1.54, 1.807) is 30.7 Å². The maximum atomic E-state index is 12.8. The number of piperidine rings is 1. The van der Waals surface area contributed by atoms with Gasteiger partial charge in [0.15, 0.2) is 5.76 Å². The Kier molecular flexibility index (Phi) is 4.66. The summed E-state index contributed by atoms with van der Waals surface area (Å²) in [5, 5.41) is 3.98. The second-order valence-corrected chi connectivity index (χ2v) is 6.88. The number of nitrogens with zero attached hydrogens (tertiary/aromatic N) is 5. The molecule has 3 aromatic heterocycles. The number of amides is 1. The summed E-state index contributed by atoms with van der Waals surface area (Å²) in [4.78, 5) is 27.8. The molecule has 0 aliphatic carbocycles. The summed E-state index contributed by atoms with van der Waals surface area (Å²) >= 11 is 0. The Hall–Kier alpha value is -3.09. The zero-order valence-corrected chi connectivity index (χ0v) is 15.4. The molecular formula is C20H21N5O2. The lowest BCUT2D eigenvalue weighted by Gasteiger charge is -2.33. The molecule has 0 saturated carbocycles. The molecular weight excluding hydrogens is 342 g/mol. The number of rotatable bonds is 3. The molecule has 7 heteroatoms. The molecule has 1 saturated heterocycles. The van der Waals surface area contributed by atoms with E-state index in [4.69, 9.17) is 9.51 Å². The van der Waals surface area contributed by atoms with Crippen molar-refractivity contribution in [1.82, 2.24) is 25.0 Å². The SMILES string of the molecule is Cc1cc(-c2cnc(C)nc2[C@@H]2CCCN(C(=O)c3cccnc3)C2)on1. The fourth-order valence-electron chi connectivity index (χ4n) is 3.54. The van der Waals surface area contributed by atoms with Crippen molar-refractivity contribution in [3.05, 3.63) is 59.6 Å². The largest absolute Gasteiger partial charge is 0.356 e. The van der Waals surface area contributed by atoms with E-state index < -0.39 is 0 Å². The van der Waals surface area contributed by atoms with Gasteiger partial charge in [0.2, 0.25) is 0 Å². The van der Waals surface area contributed by atoms with Crippen LogP contribution in [0.5, 0.6) is 0 Å². The highest BCUT2D eigenvalue weighted by molar-refractivity contribution is 5.94. The van der Waals surface area contributed by atoms with E-state index in [2.05, 4.69) is 15.1 Å². The molecule has 4 rings (SSSR count). The van der Waals surface area contributed by atoms with Gasteiger partial charge in [0.25, 0.3) is 5.91 Å². The smallest absolute Gasteiger partial charge is 0.255 e. The van der Waals surface area contributed by atoms with Crippen LogP contribution in [0.2, 0.25) is 0 Å². The van der Waals surface area contributed by atoms with Crippen LogP contribution in [-0.4, -0.2) is 44.0 Å². The molecule has 4 heterocycles. The molecule has 1 aliphatic rings. The van der Waals surface area contributed by atoms with Crippen molar-refractivity contribution in [3.8, 4) is 11.3 Å². The van der Waals surface area contributed by atoms with Gasteiger partial charge in [0.05, 0.1) is 22.5 Å². The number of aryl methyl sites for hydroxylation is 2. The van der Waals surface area contributed by atoms with Crippen molar-refractivity contribution in [1.29, 1.82) is 0 Å². The average Bonchev–Trinajstić information content (AvgIpc) is 3.14. The lowest BCUT2D eigenvalue weighted by molar-refractivity contribution is 0.0705. The molecule has 1 amide bonds. The Balaban J connectivity index is 1.63. The number of hydrogen-bond acceptors (Lipinski definition) is 6. The van der Waals surface area contributed by atoms with Crippen molar-refractivity contribution in [3.63, 3.8) is 0 Å². The van der Waals surface area contributed by atoms with E-state index >= 15 is 0 Å². The Bertz CT molecular complexity index is 954. The van der Waals surface area contributed by atoms with Crippen molar-refractivity contribution in [2.45, 2.75) is 32.6 Å². The predicted molar refractivity (Wildman–Crippen MR) is 99.1 cm³/mol. The monoisotopic (exact) mass is 363 g/mol. The van der Waals surface area contributed by atoms with E-state index in [1.807, 2.05) is 24.8 Å². The molecule has 1 atom stereocenters. The highest BCUT2D eigenvalue weighted by atomic mass is 16.5. The highest BCUT2D eigenvalue weighted by Gasteiger charge is 2.29. The van der Waals surface area contributed by atoms with Crippen LogP contribution < -0.4 is 0 Å². The summed E-state index contributed by atoms with van der Waals surface area (Å²) in [6, 6.07) is 5.47. The topological polar surface area (TPSA) is 85.0 Å². The molecule has 0 spiro atoms. The second kappa shape index (κ2) is 7.26. The van der Waals surface area contributed by atoms with Gasteiger partial charge in [-0.25, -0.2) is 9.97 Å². The minimum atomic E-state index is 0.00985. The van der Waals surface area contributed by atoms with Crippen LogP contribution in [-0.2, 0) is 0 Å². The van der Waals surface area contributed by atoms with E-state index in [-0.39, 0.29) is 11.8 Å². The van der Waals surface area contributed by atoms with E-state index in [0.717, 1.165) is 36.3 Å². The van der Waals surface area contributed by atoms with Gasteiger partial charge in [0.1, 0.15) is 5.82 Å². The van der Waals surface area contributed by atoms with Crippen LogP contribution in [0, 0.1) is 13.8 Å². The number of pyridine rings is 1. The molecule has 0 unspecified atom stereocenters. The van der Waals surface area contributed by atoms with Gasteiger partial charge in [-0.15, -0.1) is 0 Å². The summed E-state index contributed by atoms with van der Waals surface area (Å²) in [6.07, 6.45) is 6.97. The maximum Gasteiger partial charge on any atom is 0.255 e. The summed E-state index contributed by atoms with van der Waals surface area (Å²) in [6.45, 7) is 5.12. The number of likely N-dealkylation sites (tertiary alicyclic amines) is 1. The third-order valence-electron chi connectivity index (χ3n) is 4.84. The molecule has 7 nitrogen and oxygen atoms in total. The quantitative estimate of drug-likeness (QED) is 0.710. The van der Waals surface area contributed by atoms with Crippen LogP contribution >= 0.6 is 0 Å². The molecule has 3 aromatic rings. The van der Waals surface area contributed by atoms with Crippen LogP contribution in [0.25, 0.3) is 11.3 Å². The van der Waals surface area contributed by atoms with E-state index in [0.29, 0.717) is 23.7 Å². The highest BCUT2D eigenvalue weighted by Crippen LogP contribution is 2.33. The van der Waals surface area contributed by atoms with Gasteiger partial charge in [-0.3, -0.25) is 9.78 Å². The lowest BCUT2D eigenvalue weighted by atomic mass is 9.91. The molecule has 1 aliphatic heterocycles. The van der Waals surface area contributed by atoms with Gasteiger partial charge < -0.3 is 9.42 Å². The van der Waals surface area contributed by atoms with Crippen molar-refractivity contribution < 1.29 is 9.32 Å². The van der Waals surface area contributed by atoms with Gasteiger partial charge >= 0.3 is 0 Å². The minimum absolute atomic E-state index is 0.00985. The minimum Gasteiger partial charge on any atom is -0.356 e. The first-order valence-corrected chi connectivity index (χ1v) is 9.08. The summed E-state index contributed by atoms with van der Waals surface area (Å²) in [5.74, 6) is 1.51. The Morgan fingerprint density at radius 3 is 2.93 bits per heavy atom. The first kappa shape index (κ1) is 17.3. The molecule has 0 aromatic carbocycles. The summed E-state index contributed by atoms with van der Waals surface area (Å²) in [7, 11) is 0. The van der Waals surface area contributed by atoms with Crippen molar-refractivity contribution in [2.24, 2.45) is 0 Å². The zero-order chi connectivity index (χ0) is 18.8. The van der Waals surface area contributed by atoms with Crippen LogP contribution in [0.4, 0.5) is 0 Å². The number of carbonyl (C=O) groups excluding carboxylic acids is 1. The van der Waals surface area contributed by atoms with Crippen LogP contribution in [0.3, 0.4) is 0 Å². The molecule has 0 radical (unpaired) electrons. The predicted octanol–water partition coefficient (Wildman–Crippen LogP) is 3.16. The van der Waals surface area contributed by atoms with Gasteiger partial charge in [-0.1, -0.05) is 5.16 Å². The first-order chi connectivity index (χ1) is 13.1. The molecule has 0 N–H and O–H groups in total. The normalized spacial score (nSPS) is 17.1. The summed E-state index contributed by atoms with van der Waals surface area (Å²) in [5.41, 5.74) is 3.20. The second-order valence-electron chi connectivity index (χ2n) is 6.88. The van der Waals surface area contributed by atoms with Gasteiger partial charge in [-0.05, 0) is 38.8 Å². The zero-order valence-electron chi connectivity index (χ0n) is 15.4. The number of aromatic nitrogens is 4. The van der Waals surface area contributed by atoms with Gasteiger partial charge in [0, 0.05) is 43.7 Å². The van der Waals surface area contributed by atoms with Gasteiger partial charge in [-0.2, -0.15) is 0 Å². The Morgan fingerprint density at radius 2 is 2.19 bits per heavy atom. The van der Waals surface area contributed by atoms with E-state index in [1.165, 1.54) is 0 Å². The molecule has 27 heavy (non-hydrogen) atoms. The first-order valence-electron chi connectivity index (χ1n) is 9.08. The van der Waals surface area contributed by atoms with Crippen molar-refractivity contribution >= 4 is 5.91 Å². The van der Waals surface area contributed by atoms with Crippen LogP contribution in [0.15, 0.2) is 41.3 Å². The maximum absolute atomic E-state index is 12.8. The number of carbonyl (C=O) groups is 1. The molecule has 0 bridgehead atoms.